The van der Waals surface area contributed by atoms with Crippen LogP contribution in [-0.4, -0.2) is 21.6 Å². The lowest BCUT2D eigenvalue weighted by atomic mass is 10.4. The second-order valence-corrected chi connectivity index (χ2v) is 5.87. The number of rotatable bonds is 5. The van der Waals surface area contributed by atoms with Gasteiger partial charge in [-0.25, -0.2) is 0 Å². The van der Waals surface area contributed by atoms with E-state index in [2.05, 4.69) is 30.9 Å². The molecule has 4 nitrogen and oxygen atoms in total. The van der Waals surface area contributed by atoms with Gasteiger partial charge in [0.15, 0.2) is 5.16 Å². The summed E-state index contributed by atoms with van der Waals surface area (Å²) in [6, 6.07) is 8.12. The molecule has 2 rings (SSSR count). The van der Waals surface area contributed by atoms with E-state index in [0.717, 1.165) is 15.8 Å². The maximum atomic E-state index is 5.86. The standard InChI is InChI=1S/C12H11BrClN3OS/c1-2-6-18-11-15-10(14)16-12(17-11)19-9-5-3-4-8(13)7-9/h3-5,7H,2,6H2,1H3. The zero-order chi connectivity index (χ0) is 13.7. The summed E-state index contributed by atoms with van der Waals surface area (Å²) in [7, 11) is 0. The minimum atomic E-state index is 0.138. The van der Waals surface area contributed by atoms with Gasteiger partial charge in [0.1, 0.15) is 0 Å². The molecule has 0 N–H and O–H groups in total. The lowest BCUT2D eigenvalue weighted by Gasteiger charge is -2.05. The smallest absolute Gasteiger partial charge is 0.321 e. The molecule has 1 aromatic carbocycles. The van der Waals surface area contributed by atoms with Crippen LogP contribution < -0.4 is 4.74 Å². The fourth-order valence-electron chi connectivity index (χ4n) is 1.25. The van der Waals surface area contributed by atoms with Crippen LogP contribution in [0.25, 0.3) is 0 Å². The summed E-state index contributed by atoms with van der Waals surface area (Å²) >= 11 is 10.7. The first-order chi connectivity index (χ1) is 9.17. The molecule has 0 spiro atoms. The first-order valence-electron chi connectivity index (χ1n) is 5.65. The molecule has 0 atom stereocenters. The van der Waals surface area contributed by atoms with E-state index >= 15 is 0 Å². The molecule has 0 fully saturated rings. The molecule has 0 amide bonds. The predicted molar refractivity (Wildman–Crippen MR) is 78.9 cm³/mol. The van der Waals surface area contributed by atoms with Gasteiger partial charge in [0.2, 0.25) is 5.28 Å². The summed E-state index contributed by atoms with van der Waals surface area (Å²) in [5, 5.41) is 0.655. The van der Waals surface area contributed by atoms with E-state index in [9.17, 15) is 0 Å². The van der Waals surface area contributed by atoms with Gasteiger partial charge in [-0.05, 0) is 48.0 Å². The van der Waals surface area contributed by atoms with Crippen molar-refractivity contribution < 1.29 is 4.74 Å². The second-order valence-electron chi connectivity index (χ2n) is 3.58. The molecule has 100 valence electrons. The molecule has 0 aliphatic heterocycles. The zero-order valence-corrected chi connectivity index (χ0v) is 13.3. The lowest BCUT2D eigenvalue weighted by molar-refractivity contribution is 0.288. The third kappa shape index (κ3) is 4.63. The maximum Gasteiger partial charge on any atom is 0.321 e. The van der Waals surface area contributed by atoms with Crippen molar-refractivity contribution in [3.63, 3.8) is 0 Å². The molecule has 0 saturated carbocycles. The molecule has 2 aromatic rings. The fourth-order valence-corrected chi connectivity index (χ4v) is 2.81. The minimum absolute atomic E-state index is 0.138. The van der Waals surface area contributed by atoms with Gasteiger partial charge in [-0.2, -0.15) is 15.0 Å². The van der Waals surface area contributed by atoms with Crippen molar-refractivity contribution in [1.29, 1.82) is 0 Å². The van der Waals surface area contributed by atoms with Crippen molar-refractivity contribution in [3.8, 4) is 6.01 Å². The predicted octanol–water partition coefficient (Wildman–Crippen LogP) is 4.23. The average molecular weight is 361 g/mol. The number of halogens is 2. The monoisotopic (exact) mass is 359 g/mol. The van der Waals surface area contributed by atoms with Crippen LogP contribution in [0.4, 0.5) is 0 Å². The molecular formula is C12H11BrClN3OS. The Morgan fingerprint density at radius 2 is 2.16 bits per heavy atom. The molecule has 0 aliphatic carbocycles. The van der Waals surface area contributed by atoms with Crippen LogP contribution in [0.1, 0.15) is 13.3 Å². The third-order valence-electron chi connectivity index (χ3n) is 2.01. The van der Waals surface area contributed by atoms with Crippen LogP contribution in [-0.2, 0) is 0 Å². The quantitative estimate of drug-likeness (QED) is 0.798. The highest BCUT2D eigenvalue weighted by Crippen LogP contribution is 2.28. The van der Waals surface area contributed by atoms with E-state index in [0.29, 0.717) is 11.8 Å². The molecule has 0 bridgehead atoms. The van der Waals surface area contributed by atoms with Gasteiger partial charge in [0.25, 0.3) is 0 Å². The molecule has 1 aromatic heterocycles. The Labute approximate surface area is 129 Å². The van der Waals surface area contributed by atoms with Crippen LogP contribution in [0.5, 0.6) is 6.01 Å². The molecule has 7 heteroatoms. The lowest BCUT2D eigenvalue weighted by Crippen LogP contribution is -2.02. The fraction of sp³-hybridized carbons (Fsp3) is 0.250. The number of hydrogen-bond donors (Lipinski definition) is 0. The number of aromatic nitrogens is 3. The largest absolute Gasteiger partial charge is 0.463 e. The molecule has 0 saturated heterocycles. The molecule has 19 heavy (non-hydrogen) atoms. The highest BCUT2D eigenvalue weighted by molar-refractivity contribution is 9.10. The normalized spacial score (nSPS) is 10.5. The summed E-state index contributed by atoms with van der Waals surface area (Å²) in [4.78, 5) is 13.2. The maximum absolute atomic E-state index is 5.86. The minimum Gasteiger partial charge on any atom is -0.463 e. The summed E-state index contributed by atoms with van der Waals surface area (Å²) in [5.41, 5.74) is 0. The van der Waals surface area contributed by atoms with Crippen molar-refractivity contribution >= 4 is 39.3 Å². The Bertz CT molecular complexity index is 570. The van der Waals surface area contributed by atoms with Crippen molar-refractivity contribution in [3.05, 3.63) is 34.0 Å². The first kappa shape index (κ1) is 14.6. The molecule has 0 aliphatic rings. The summed E-state index contributed by atoms with van der Waals surface area (Å²) < 4.78 is 6.37. The van der Waals surface area contributed by atoms with E-state index in [1.54, 1.807) is 0 Å². The van der Waals surface area contributed by atoms with Gasteiger partial charge >= 0.3 is 6.01 Å². The second kappa shape index (κ2) is 7.07. The first-order valence-corrected chi connectivity index (χ1v) is 7.64. The molecule has 0 unspecified atom stereocenters. The van der Waals surface area contributed by atoms with Gasteiger partial charge in [-0.15, -0.1) is 0 Å². The Morgan fingerprint density at radius 1 is 1.32 bits per heavy atom. The number of benzene rings is 1. The van der Waals surface area contributed by atoms with Crippen LogP contribution >= 0.6 is 39.3 Å². The van der Waals surface area contributed by atoms with Gasteiger partial charge in [0, 0.05) is 9.37 Å². The van der Waals surface area contributed by atoms with E-state index in [1.165, 1.54) is 11.8 Å². The van der Waals surface area contributed by atoms with E-state index in [1.807, 2.05) is 31.2 Å². The van der Waals surface area contributed by atoms with E-state index < -0.39 is 0 Å². The number of ether oxygens (including phenoxy) is 1. The average Bonchev–Trinajstić information content (AvgIpc) is 2.35. The molecule has 0 radical (unpaired) electrons. The van der Waals surface area contributed by atoms with E-state index in [-0.39, 0.29) is 11.3 Å². The van der Waals surface area contributed by atoms with Crippen LogP contribution in [0.15, 0.2) is 38.8 Å². The van der Waals surface area contributed by atoms with Crippen LogP contribution in [0, 0.1) is 0 Å². The Kier molecular flexibility index (Phi) is 5.42. The van der Waals surface area contributed by atoms with Crippen LogP contribution in [0.3, 0.4) is 0 Å². The third-order valence-corrected chi connectivity index (χ3v) is 3.52. The Morgan fingerprint density at radius 3 is 2.89 bits per heavy atom. The highest BCUT2D eigenvalue weighted by Gasteiger charge is 2.08. The van der Waals surface area contributed by atoms with Gasteiger partial charge in [-0.1, -0.05) is 28.9 Å². The van der Waals surface area contributed by atoms with Gasteiger partial charge in [-0.3, -0.25) is 0 Å². The van der Waals surface area contributed by atoms with E-state index in [4.69, 9.17) is 16.3 Å². The van der Waals surface area contributed by atoms with Gasteiger partial charge in [0.05, 0.1) is 6.61 Å². The van der Waals surface area contributed by atoms with Crippen molar-refractivity contribution in [2.24, 2.45) is 0 Å². The Balaban J connectivity index is 2.17. The van der Waals surface area contributed by atoms with Crippen molar-refractivity contribution in [2.75, 3.05) is 6.61 Å². The number of hydrogen-bond acceptors (Lipinski definition) is 5. The summed E-state index contributed by atoms with van der Waals surface area (Å²) in [5.74, 6) is 0. The highest BCUT2D eigenvalue weighted by atomic mass is 79.9. The Hall–Kier alpha value is -0.850. The summed E-state index contributed by atoms with van der Waals surface area (Å²) in [6.07, 6.45) is 0.886. The molecular weight excluding hydrogens is 350 g/mol. The van der Waals surface area contributed by atoms with Gasteiger partial charge < -0.3 is 4.74 Å². The summed E-state index contributed by atoms with van der Waals surface area (Å²) in [6.45, 7) is 2.57. The number of nitrogens with zero attached hydrogens (tertiary/aromatic N) is 3. The van der Waals surface area contributed by atoms with Crippen LogP contribution in [0.2, 0.25) is 5.28 Å². The van der Waals surface area contributed by atoms with Crippen molar-refractivity contribution in [1.82, 2.24) is 15.0 Å². The SMILES string of the molecule is CCCOc1nc(Cl)nc(Sc2cccc(Br)c2)n1. The molecule has 1 heterocycles. The van der Waals surface area contributed by atoms with Crippen molar-refractivity contribution in [2.45, 2.75) is 23.4 Å². The zero-order valence-electron chi connectivity index (χ0n) is 10.1. The topological polar surface area (TPSA) is 47.9 Å².